The molecule has 3 amide bonds. The van der Waals surface area contributed by atoms with Gasteiger partial charge in [0, 0.05) is 43.3 Å². The molecule has 2 aromatic heterocycles. The number of nitrogens with two attached hydrogens (primary N) is 1. The smallest absolute Gasteiger partial charge is 0.320 e. The lowest BCUT2D eigenvalue weighted by molar-refractivity contribution is 0.0974. The maximum Gasteiger partial charge on any atom is 0.320 e. The number of nitrogens with zero attached hydrogens (tertiary/aromatic N) is 3. The summed E-state index contributed by atoms with van der Waals surface area (Å²) in [5.74, 6) is 1.57. The van der Waals surface area contributed by atoms with Crippen LogP contribution in [-0.4, -0.2) is 52.9 Å². The van der Waals surface area contributed by atoms with Crippen LogP contribution in [-0.2, 0) is 6.42 Å². The van der Waals surface area contributed by atoms with E-state index in [1.54, 1.807) is 12.4 Å². The molecule has 2 aliphatic heterocycles. The van der Waals surface area contributed by atoms with Crippen LogP contribution < -0.4 is 5.73 Å². The van der Waals surface area contributed by atoms with E-state index in [9.17, 15) is 9.59 Å². The number of hydrogen-bond acceptors (Lipinski definition) is 4. The molecule has 1 saturated carbocycles. The molecule has 3 fully saturated rings. The predicted molar refractivity (Wildman–Crippen MR) is 99.1 cm³/mol. The van der Waals surface area contributed by atoms with E-state index in [4.69, 9.17) is 10.2 Å². The fourth-order valence-electron chi connectivity index (χ4n) is 5.10. The second-order valence-electron chi connectivity index (χ2n) is 8.06. The second-order valence-corrected chi connectivity index (χ2v) is 8.06. The molecule has 7 heteroatoms. The highest BCUT2D eigenvalue weighted by atomic mass is 16.3. The number of aromatic nitrogens is 1. The van der Waals surface area contributed by atoms with Gasteiger partial charge in [0.1, 0.15) is 0 Å². The van der Waals surface area contributed by atoms with Gasteiger partial charge in [0.05, 0.1) is 6.20 Å². The van der Waals surface area contributed by atoms with Crippen LogP contribution in [0.2, 0.25) is 0 Å². The highest BCUT2D eigenvalue weighted by molar-refractivity contribution is 5.97. The third-order valence-corrected chi connectivity index (χ3v) is 6.57. The molecule has 2 saturated heterocycles. The summed E-state index contributed by atoms with van der Waals surface area (Å²) in [5.41, 5.74) is 7.01. The zero-order chi connectivity index (χ0) is 18.5. The largest absolute Gasteiger partial charge is 0.449 e. The molecule has 3 aliphatic rings. The van der Waals surface area contributed by atoms with Gasteiger partial charge in [0.2, 0.25) is 0 Å². The zero-order valence-corrected chi connectivity index (χ0v) is 15.3. The first kappa shape index (κ1) is 16.6. The summed E-state index contributed by atoms with van der Waals surface area (Å²) in [5, 5.41) is 0.926. The number of primary amides is 1. The van der Waals surface area contributed by atoms with Gasteiger partial charge in [-0.25, -0.2) is 4.79 Å². The maximum atomic E-state index is 12.5. The quantitative estimate of drug-likeness (QED) is 0.896. The molecule has 2 aromatic rings. The third-order valence-electron chi connectivity index (χ3n) is 6.57. The first-order valence-corrected chi connectivity index (χ1v) is 9.82. The number of fused-ring (bicyclic) bond motifs is 2. The van der Waals surface area contributed by atoms with Crippen LogP contribution in [0, 0.1) is 17.8 Å². The Balaban J connectivity index is 1.22. The SMILES string of the molecule is NC(=O)c1oc2cnccc2c1CCC1C2CN(C(=O)N3CCCC3)CC12. The third kappa shape index (κ3) is 2.76. The number of amides is 3. The minimum atomic E-state index is -0.528. The number of furan rings is 1. The minimum absolute atomic E-state index is 0.225. The standard InChI is InChI=1S/C20H24N4O3/c21-19(25)18-14(13-5-6-22-9-17(13)27-18)4-3-12-15-10-24(11-16(12)15)20(26)23-7-1-2-8-23/h5-6,9,12,15-16H,1-4,7-8,10-11H2,(H2,21,25). The number of rotatable bonds is 4. The molecule has 0 aromatic carbocycles. The molecule has 7 nitrogen and oxygen atoms in total. The Bertz CT molecular complexity index is 890. The summed E-state index contributed by atoms with van der Waals surface area (Å²) in [6, 6.07) is 2.10. The van der Waals surface area contributed by atoms with Gasteiger partial charge in [-0.2, -0.15) is 0 Å². The Kier molecular flexibility index (Phi) is 3.84. The predicted octanol–water partition coefficient (Wildman–Crippen LogP) is 2.25. The monoisotopic (exact) mass is 368 g/mol. The van der Waals surface area contributed by atoms with Crippen molar-refractivity contribution in [1.29, 1.82) is 0 Å². The van der Waals surface area contributed by atoms with Crippen molar-refractivity contribution in [3.8, 4) is 0 Å². The molecule has 2 unspecified atom stereocenters. The van der Waals surface area contributed by atoms with Crippen LogP contribution >= 0.6 is 0 Å². The molecule has 0 bridgehead atoms. The van der Waals surface area contributed by atoms with Crippen LogP contribution in [0.5, 0.6) is 0 Å². The topological polar surface area (TPSA) is 92.7 Å². The van der Waals surface area contributed by atoms with Crippen molar-refractivity contribution in [2.24, 2.45) is 23.5 Å². The van der Waals surface area contributed by atoms with Crippen molar-refractivity contribution in [2.75, 3.05) is 26.2 Å². The van der Waals surface area contributed by atoms with E-state index in [-0.39, 0.29) is 11.8 Å². The summed E-state index contributed by atoms with van der Waals surface area (Å²) in [4.78, 5) is 32.3. The molecule has 142 valence electrons. The van der Waals surface area contributed by atoms with Gasteiger partial charge in [-0.1, -0.05) is 0 Å². The fourth-order valence-corrected chi connectivity index (χ4v) is 5.10. The average molecular weight is 368 g/mol. The number of carbonyl (C=O) groups is 2. The number of urea groups is 1. The summed E-state index contributed by atoms with van der Waals surface area (Å²) in [6.45, 7) is 3.58. The first-order chi connectivity index (χ1) is 13.1. The zero-order valence-electron chi connectivity index (χ0n) is 15.3. The molecule has 1 aliphatic carbocycles. The summed E-state index contributed by atoms with van der Waals surface area (Å²) >= 11 is 0. The van der Waals surface area contributed by atoms with Crippen molar-refractivity contribution < 1.29 is 14.0 Å². The van der Waals surface area contributed by atoms with E-state index in [0.29, 0.717) is 23.3 Å². The molecule has 4 heterocycles. The van der Waals surface area contributed by atoms with Gasteiger partial charge in [-0.15, -0.1) is 0 Å². The highest BCUT2D eigenvalue weighted by Gasteiger charge is 2.56. The van der Waals surface area contributed by atoms with Crippen LogP contribution in [0.3, 0.4) is 0 Å². The van der Waals surface area contributed by atoms with Crippen molar-refractivity contribution in [2.45, 2.75) is 25.7 Å². The minimum Gasteiger partial charge on any atom is -0.449 e. The maximum absolute atomic E-state index is 12.5. The summed E-state index contributed by atoms with van der Waals surface area (Å²) < 4.78 is 5.62. The molecule has 27 heavy (non-hydrogen) atoms. The number of pyridine rings is 1. The number of carbonyl (C=O) groups excluding carboxylic acids is 2. The first-order valence-electron chi connectivity index (χ1n) is 9.82. The van der Waals surface area contributed by atoms with E-state index in [0.717, 1.165) is 62.8 Å². The molecule has 0 spiro atoms. The molecule has 0 radical (unpaired) electrons. The van der Waals surface area contributed by atoms with Crippen molar-refractivity contribution >= 4 is 22.9 Å². The van der Waals surface area contributed by atoms with E-state index in [2.05, 4.69) is 4.98 Å². The van der Waals surface area contributed by atoms with Crippen LogP contribution in [0.25, 0.3) is 11.0 Å². The fraction of sp³-hybridized carbons (Fsp3) is 0.550. The lowest BCUT2D eigenvalue weighted by Gasteiger charge is -2.26. The van der Waals surface area contributed by atoms with E-state index >= 15 is 0 Å². The Morgan fingerprint density at radius 1 is 1.19 bits per heavy atom. The summed E-state index contributed by atoms with van der Waals surface area (Å²) in [7, 11) is 0. The van der Waals surface area contributed by atoms with Crippen molar-refractivity contribution in [3.05, 3.63) is 29.8 Å². The van der Waals surface area contributed by atoms with Gasteiger partial charge < -0.3 is 20.0 Å². The van der Waals surface area contributed by atoms with E-state index in [1.807, 2.05) is 15.9 Å². The lowest BCUT2D eigenvalue weighted by Crippen LogP contribution is -2.41. The molecule has 2 atom stereocenters. The van der Waals surface area contributed by atoms with Crippen LogP contribution in [0.1, 0.15) is 35.4 Å². The van der Waals surface area contributed by atoms with Crippen LogP contribution in [0.4, 0.5) is 4.79 Å². The molecular formula is C20H24N4O3. The number of aryl methyl sites for hydroxylation is 1. The summed E-state index contributed by atoms with van der Waals surface area (Å²) in [6.07, 6.45) is 7.36. The van der Waals surface area contributed by atoms with E-state index < -0.39 is 5.91 Å². The van der Waals surface area contributed by atoms with Crippen molar-refractivity contribution in [1.82, 2.24) is 14.8 Å². The van der Waals surface area contributed by atoms with Gasteiger partial charge in [0.25, 0.3) is 5.91 Å². The molecule has 2 N–H and O–H groups in total. The lowest BCUT2D eigenvalue weighted by atomic mass is 10.0. The number of hydrogen-bond donors (Lipinski definition) is 1. The molecule has 5 rings (SSSR count). The van der Waals surface area contributed by atoms with E-state index in [1.165, 1.54) is 0 Å². The highest BCUT2D eigenvalue weighted by Crippen LogP contribution is 2.54. The normalized spacial score (nSPS) is 26.6. The Hall–Kier alpha value is -2.57. The van der Waals surface area contributed by atoms with Crippen LogP contribution in [0.15, 0.2) is 22.9 Å². The Morgan fingerprint density at radius 3 is 2.63 bits per heavy atom. The van der Waals surface area contributed by atoms with Gasteiger partial charge >= 0.3 is 6.03 Å². The second kappa shape index (κ2) is 6.25. The Morgan fingerprint density at radius 2 is 1.93 bits per heavy atom. The van der Waals surface area contributed by atoms with Gasteiger partial charge in [0.15, 0.2) is 11.3 Å². The number of likely N-dealkylation sites (tertiary alicyclic amines) is 2. The Labute approximate surface area is 157 Å². The average Bonchev–Trinajstić information content (AvgIpc) is 3.18. The van der Waals surface area contributed by atoms with Crippen molar-refractivity contribution in [3.63, 3.8) is 0 Å². The molecular weight excluding hydrogens is 344 g/mol. The van der Waals surface area contributed by atoms with Gasteiger partial charge in [-0.3, -0.25) is 9.78 Å². The number of piperidine rings is 1. The van der Waals surface area contributed by atoms with Gasteiger partial charge in [-0.05, 0) is 49.5 Å².